The Bertz CT molecular complexity index is 417. The van der Waals surface area contributed by atoms with Gasteiger partial charge in [-0.2, -0.15) is 0 Å². The first-order valence-corrected chi connectivity index (χ1v) is 5.81. The number of alkyl halides is 3. The van der Waals surface area contributed by atoms with E-state index in [9.17, 15) is 23.1 Å². The van der Waals surface area contributed by atoms with Crippen LogP contribution >= 0.6 is 0 Å². The summed E-state index contributed by atoms with van der Waals surface area (Å²) in [6.45, 7) is 0.952. The summed E-state index contributed by atoms with van der Waals surface area (Å²) in [4.78, 5) is 11.5. The summed E-state index contributed by atoms with van der Waals surface area (Å²) in [5.41, 5.74) is -0.872. The number of ether oxygens (including phenoxy) is 1. The molecular weight excluding hydrogens is 261 g/mol. The Morgan fingerprint density at radius 2 is 1.84 bits per heavy atom. The maximum Gasteiger partial charge on any atom is 0.522 e. The van der Waals surface area contributed by atoms with Crippen LogP contribution in [0.4, 0.5) is 13.2 Å². The fourth-order valence-electron chi connectivity index (χ4n) is 2.01. The van der Waals surface area contributed by atoms with Crippen LogP contribution in [-0.2, 0) is 14.9 Å². The van der Waals surface area contributed by atoms with Crippen molar-refractivity contribution < 1.29 is 27.8 Å². The Morgan fingerprint density at radius 1 is 1.26 bits per heavy atom. The van der Waals surface area contributed by atoms with Gasteiger partial charge in [-0.1, -0.05) is 37.3 Å². The summed E-state index contributed by atoms with van der Waals surface area (Å²) in [5.74, 6) is -1.15. The number of hydrogen-bond donors (Lipinski definition) is 1. The van der Waals surface area contributed by atoms with E-state index < -0.39 is 24.4 Å². The molecule has 0 fully saturated rings. The fourth-order valence-corrected chi connectivity index (χ4v) is 2.01. The summed E-state index contributed by atoms with van der Waals surface area (Å²) in [5, 5.41) is 9.37. The Kier molecular flexibility index (Phi) is 4.94. The zero-order chi connectivity index (χ0) is 14.5. The lowest BCUT2D eigenvalue weighted by molar-refractivity contribution is -0.325. The van der Waals surface area contributed by atoms with Crippen molar-refractivity contribution in [2.45, 2.75) is 31.5 Å². The van der Waals surface area contributed by atoms with Crippen LogP contribution in [0.1, 0.15) is 25.3 Å². The maximum absolute atomic E-state index is 12.0. The van der Waals surface area contributed by atoms with E-state index in [0.29, 0.717) is 5.56 Å². The zero-order valence-electron chi connectivity index (χ0n) is 10.4. The topological polar surface area (TPSA) is 46.5 Å². The molecule has 0 heterocycles. The normalized spacial score (nSPS) is 14.9. The number of aliphatic carboxylic acids is 1. The van der Waals surface area contributed by atoms with E-state index in [-0.39, 0.29) is 12.8 Å². The van der Waals surface area contributed by atoms with Gasteiger partial charge in [0.25, 0.3) is 0 Å². The lowest BCUT2D eigenvalue weighted by Gasteiger charge is -2.28. The second-order valence-electron chi connectivity index (χ2n) is 4.15. The van der Waals surface area contributed by atoms with Gasteiger partial charge in [0.05, 0.1) is 12.0 Å². The van der Waals surface area contributed by atoms with Crippen molar-refractivity contribution in [3.63, 3.8) is 0 Å². The Labute approximate surface area is 109 Å². The summed E-state index contributed by atoms with van der Waals surface area (Å²) in [7, 11) is 0. The van der Waals surface area contributed by atoms with E-state index in [1.54, 1.807) is 37.3 Å². The minimum Gasteiger partial charge on any atom is -0.481 e. The summed E-state index contributed by atoms with van der Waals surface area (Å²) in [6.07, 6.45) is -4.79. The maximum atomic E-state index is 12.0. The van der Waals surface area contributed by atoms with Crippen LogP contribution in [0.25, 0.3) is 0 Å². The third-order valence-electron chi connectivity index (χ3n) is 3.13. The van der Waals surface area contributed by atoms with Crippen LogP contribution in [0, 0.1) is 0 Å². The van der Waals surface area contributed by atoms with E-state index in [4.69, 9.17) is 0 Å². The lowest BCUT2D eigenvalue weighted by atomic mass is 9.75. The Balaban J connectivity index is 2.92. The van der Waals surface area contributed by atoms with E-state index in [1.807, 2.05) is 0 Å². The van der Waals surface area contributed by atoms with Crippen LogP contribution in [-0.4, -0.2) is 24.0 Å². The first-order chi connectivity index (χ1) is 8.82. The molecule has 1 aromatic carbocycles. The van der Waals surface area contributed by atoms with Gasteiger partial charge in [0, 0.05) is 0 Å². The van der Waals surface area contributed by atoms with Crippen molar-refractivity contribution in [3.05, 3.63) is 35.9 Å². The first kappa shape index (κ1) is 15.5. The molecule has 3 nitrogen and oxygen atoms in total. The number of hydrogen-bond acceptors (Lipinski definition) is 2. The van der Waals surface area contributed by atoms with Gasteiger partial charge < -0.3 is 5.11 Å². The van der Waals surface area contributed by atoms with Gasteiger partial charge in [-0.3, -0.25) is 9.53 Å². The SMILES string of the molecule is CCC(CCOC(F)(F)F)(C(=O)O)c1ccccc1. The van der Waals surface area contributed by atoms with Crippen molar-refractivity contribution in [2.75, 3.05) is 6.61 Å². The minimum atomic E-state index is -4.74. The third kappa shape index (κ3) is 3.96. The number of rotatable bonds is 6. The minimum absolute atomic E-state index is 0.188. The predicted molar refractivity (Wildman–Crippen MR) is 62.7 cm³/mol. The number of halogens is 3. The van der Waals surface area contributed by atoms with Gasteiger partial charge in [-0.25, -0.2) is 0 Å². The molecule has 1 rings (SSSR count). The molecule has 1 atom stereocenters. The smallest absolute Gasteiger partial charge is 0.481 e. The molecule has 1 N–H and O–H groups in total. The highest BCUT2D eigenvalue weighted by molar-refractivity contribution is 5.81. The van der Waals surface area contributed by atoms with E-state index in [2.05, 4.69) is 4.74 Å². The van der Waals surface area contributed by atoms with Crippen molar-refractivity contribution in [1.82, 2.24) is 0 Å². The number of benzene rings is 1. The van der Waals surface area contributed by atoms with Crippen molar-refractivity contribution >= 4 is 5.97 Å². The first-order valence-electron chi connectivity index (χ1n) is 5.81. The second kappa shape index (κ2) is 6.06. The largest absolute Gasteiger partial charge is 0.522 e. The molecule has 0 bridgehead atoms. The van der Waals surface area contributed by atoms with Crippen LogP contribution in [0.5, 0.6) is 0 Å². The van der Waals surface area contributed by atoms with E-state index in [1.165, 1.54) is 0 Å². The molecule has 19 heavy (non-hydrogen) atoms. The summed E-state index contributed by atoms with van der Waals surface area (Å²) >= 11 is 0. The van der Waals surface area contributed by atoms with Gasteiger partial charge in [0.15, 0.2) is 0 Å². The van der Waals surface area contributed by atoms with Crippen molar-refractivity contribution in [1.29, 1.82) is 0 Å². The predicted octanol–water partition coefficient (Wildman–Crippen LogP) is 3.35. The van der Waals surface area contributed by atoms with Gasteiger partial charge >= 0.3 is 12.3 Å². The van der Waals surface area contributed by atoms with E-state index in [0.717, 1.165) is 0 Å². The Hall–Kier alpha value is -1.56. The van der Waals surface area contributed by atoms with E-state index >= 15 is 0 Å². The van der Waals surface area contributed by atoms with Crippen molar-refractivity contribution in [3.8, 4) is 0 Å². The average molecular weight is 276 g/mol. The van der Waals surface area contributed by atoms with Gasteiger partial charge in [-0.15, -0.1) is 13.2 Å². The fraction of sp³-hybridized carbons (Fsp3) is 0.462. The average Bonchev–Trinajstić information content (AvgIpc) is 2.34. The number of carbonyl (C=O) groups is 1. The molecule has 1 unspecified atom stereocenters. The number of carboxylic acid groups (broad SMARTS) is 1. The molecule has 0 aliphatic heterocycles. The standard InChI is InChI=1S/C13H15F3O3/c1-2-12(11(17)18,8-9-19-13(14,15)16)10-6-4-3-5-7-10/h3-7H,2,8-9H2,1H3,(H,17,18). The molecule has 0 amide bonds. The van der Waals surface area contributed by atoms with Crippen LogP contribution in [0.2, 0.25) is 0 Å². The molecule has 6 heteroatoms. The molecule has 0 saturated heterocycles. The molecule has 0 aliphatic rings. The van der Waals surface area contributed by atoms with Crippen LogP contribution in [0.15, 0.2) is 30.3 Å². The van der Waals surface area contributed by atoms with Gasteiger partial charge in [-0.05, 0) is 18.4 Å². The second-order valence-corrected chi connectivity index (χ2v) is 4.15. The Morgan fingerprint density at radius 3 is 2.26 bits per heavy atom. The van der Waals surface area contributed by atoms with Crippen LogP contribution in [0.3, 0.4) is 0 Å². The van der Waals surface area contributed by atoms with Gasteiger partial charge in [0.2, 0.25) is 0 Å². The molecule has 0 radical (unpaired) electrons. The van der Waals surface area contributed by atoms with Crippen LogP contribution < -0.4 is 0 Å². The monoisotopic (exact) mass is 276 g/mol. The van der Waals surface area contributed by atoms with Gasteiger partial charge in [0.1, 0.15) is 0 Å². The molecule has 0 spiro atoms. The third-order valence-corrected chi connectivity index (χ3v) is 3.13. The highest BCUT2D eigenvalue weighted by Crippen LogP contribution is 2.33. The lowest BCUT2D eigenvalue weighted by Crippen LogP contribution is -2.37. The molecule has 1 aromatic rings. The summed E-state index contributed by atoms with van der Waals surface area (Å²) < 4.78 is 39.6. The molecular formula is C13H15F3O3. The van der Waals surface area contributed by atoms with Crippen molar-refractivity contribution in [2.24, 2.45) is 0 Å². The molecule has 0 aromatic heterocycles. The quantitative estimate of drug-likeness (QED) is 0.866. The zero-order valence-corrected chi connectivity index (χ0v) is 10.4. The molecule has 106 valence electrons. The number of carboxylic acids is 1. The summed E-state index contributed by atoms with van der Waals surface area (Å²) in [6, 6.07) is 8.25. The molecule has 0 saturated carbocycles. The highest BCUT2D eigenvalue weighted by Gasteiger charge is 2.39. The highest BCUT2D eigenvalue weighted by atomic mass is 19.4. The molecule has 0 aliphatic carbocycles.